The fourth-order valence-corrected chi connectivity index (χ4v) is 1.97. The van der Waals surface area contributed by atoms with E-state index >= 15 is 0 Å². The van der Waals surface area contributed by atoms with Crippen molar-refractivity contribution in [1.29, 1.82) is 0 Å². The van der Waals surface area contributed by atoms with E-state index in [4.69, 9.17) is 0 Å². The maximum atomic E-state index is 12.5. The first kappa shape index (κ1) is 15.6. The lowest BCUT2D eigenvalue weighted by molar-refractivity contribution is -0.141. The summed E-state index contributed by atoms with van der Waals surface area (Å²) in [6, 6.07) is 9.02. The molecule has 1 heterocycles. The molecule has 0 aliphatic rings. The molecular formula is C15H18F3N3. The zero-order valence-corrected chi connectivity index (χ0v) is 12.0. The van der Waals surface area contributed by atoms with Crippen molar-refractivity contribution >= 4 is 0 Å². The van der Waals surface area contributed by atoms with Gasteiger partial charge in [-0.3, -0.25) is 4.68 Å². The van der Waals surface area contributed by atoms with Crippen LogP contribution in [0.3, 0.4) is 0 Å². The van der Waals surface area contributed by atoms with E-state index in [0.29, 0.717) is 19.1 Å². The first-order chi connectivity index (χ1) is 9.86. The van der Waals surface area contributed by atoms with Crippen LogP contribution in [0.4, 0.5) is 13.2 Å². The molecule has 1 aromatic carbocycles. The fourth-order valence-electron chi connectivity index (χ4n) is 1.97. The second kappa shape index (κ2) is 6.30. The Morgan fingerprint density at radius 3 is 2.38 bits per heavy atom. The molecule has 0 amide bonds. The molecule has 21 heavy (non-hydrogen) atoms. The predicted molar refractivity (Wildman–Crippen MR) is 74.7 cm³/mol. The van der Waals surface area contributed by atoms with Gasteiger partial charge in [0.15, 0.2) is 5.69 Å². The molecule has 0 aliphatic heterocycles. The SMILES string of the molecule is CC(C)NCc1ccccc1Cn1ccc(C(F)(F)F)n1. The second-order valence-electron chi connectivity index (χ2n) is 5.20. The van der Waals surface area contributed by atoms with E-state index in [-0.39, 0.29) is 0 Å². The molecule has 114 valence electrons. The van der Waals surface area contributed by atoms with Gasteiger partial charge in [-0.2, -0.15) is 18.3 Å². The molecule has 0 spiro atoms. The summed E-state index contributed by atoms with van der Waals surface area (Å²) in [6.45, 7) is 5.10. The molecule has 3 nitrogen and oxygen atoms in total. The summed E-state index contributed by atoms with van der Waals surface area (Å²) in [5, 5.41) is 6.89. The second-order valence-corrected chi connectivity index (χ2v) is 5.20. The van der Waals surface area contributed by atoms with Crippen molar-refractivity contribution in [2.45, 2.75) is 39.2 Å². The summed E-state index contributed by atoms with van der Waals surface area (Å²) in [7, 11) is 0. The number of hydrogen-bond acceptors (Lipinski definition) is 2. The zero-order chi connectivity index (χ0) is 15.5. The van der Waals surface area contributed by atoms with Crippen LogP contribution < -0.4 is 5.32 Å². The fraction of sp³-hybridized carbons (Fsp3) is 0.400. The van der Waals surface area contributed by atoms with Crippen molar-refractivity contribution in [2.75, 3.05) is 0 Å². The molecule has 6 heteroatoms. The van der Waals surface area contributed by atoms with Gasteiger partial charge in [0.2, 0.25) is 0 Å². The average molecular weight is 297 g/mol. The predicted octanol–water partition coefficient (Wildman–Crippen LogP) is 3.45. The maximum Gasteiger partial charge on any atom is 0.435 e. The van der Waals surface area contributed by atoms with Gasteiger partial charge < -0.3 is 5.32 Å². The summed E-state index contributed by atoms with van der Waals surface area (Å²) >= 11 is 0. The van der Waals surface area contributed by atoms with Gasteiger partial charge in [0.05, 0.1) is 6.54 Å². The topological polar surface area (TPSA) is 29.9 Å². The molecule has 0 bridgehead atoms. The Bertz CT molecular complexity index is 588. The minimum atomic E-state index is -4.40. The summed E-state index contributed by atoms with van der Waals surface area (Å²) < 4.78 is 38.9. The van der Waals surface area contributed by atoms with Crippen LogP contribution in [0.2, 0.25) is 0 Å². The zero-order valence-electron chi connectivity index (χ0n) is 12.0. The van der Waals surface area contributed by atoms with E-state index in [1.807, 2.05) is 38.1 Å². The third kappa shape index (κ3) is 4.32. The van der Waals surface area contributed by atoms with Crippen molar-refractivity contribution in [2.24, 2.45) is 0 Å². The molecule has 0 saturated carbocycles. The molecular weight excluding hydrogens is 279 g/mol. The van der Waals surface area contributed by atoms with Gasteiger partial charge in [-0.05, 0) is 17.2 Å². The third-order valence-electron chi connectivity index (χ3n) is 3.08. The number of hydrogen-bond donors (Lipinski definition) is 1. The first-order valence-corrected chi connectivity index (χ1v) is 6.77. The van der Waals surface area contributed by atoms with Crippen molar-refractivity contribution in [3.05, 3.63) is 53.3 Å². The van der Waals surface area contributed by atoms with Gasteiger partial charge >= 0.3 is 6.18 Å². The summed E-state index contributed by atoms with van der Waals surface area (Å²) in [4.78, 5) is 0. The third-order valence-corrected chi connectivity index (χ3v) is 3.08. The number of rotatable bonds is 5. The van der Waals surface area contributed by atoms with Crippen LogP contribution in [-0.2, 0) is 19.3 Å². The number of aromatic nitrogens is 2. The van der Waals surface area contributed by atoms with Crippen LogP contribution in [0, 0.1) is 0 Å². The molecule has 1 N–H and O–H groups in total. The number of nitrogens with one attached hydrogen (secondary N) is 1. The molecule has 2 rings (SSSR count). The normalized spacial score (nSPS) is 12.1. The highest BCUT2D eigenvalue weighted by molar-refractivity contribution is 5.27. The van der Waals surface area contributed by atoms with Gasteiger partial charge in [0, 0.05) is 18.8 Å². The van der Waals surface area contributed by atoms with E-state index in [1.165, 1.54) is 10.9 Å². The van der Waals surface area contributed by atoms with E-state index in [0.717, 1.165) is 17.2 Å². The van der Waals surface area contributed by atoms with Crippen LogP contribution in [0.15, 0.2) is 36.5 Å². The molecule has 1 aromatic heterocycles. The summed E-state index contributed by atoms with van der Waals surface area (Å²) in [5.74, 6) is 0. The highest BCUT2D eigenvalue weighted by Gasteiger charge is 2.33. The van der Waals surface area contributed by atoms with Crippen molar-refractivity contribution < 1.29 is 13.2 Å². The molecule has 2 aromatic rings. The van der Waals surface area contributed by atoms with E-state index < -0.39 is 11.9 Å². The minimum absolute atomic E-state index is 0.325. The molecule has 0 radical (unpaired) electrons. The van der Waals surface area contributed by atoms with Gasteiger partial charge in [0.25, 0.3) is 0 Å². The lowest BCUT2D eigenvalue weighted by Gasteiger charge is -2.12. The smallest absolute Gasteiger partial charge is 0.310 e. The Morgan fingerprint density at radius 2 is 1.81 bits per heavy atom. The van der Waals surface area contributed by atoms with Crippen LogP contribution in [0.25, 0.3) is 0 Å². The number of nitrogens with zero attached hydrogens (tertiary/aromatic N) is 2. The Labute approximate surface area is 121 Å². The van der Waals surface area contributed by atoms with Crippen molar-refractivity contribution in [1.82, 2.24) is 15.1 Å². The highest BCUT2D eigenvalue weighted by atomic mass is 19.4. The number of alkyl halides is 3. The largest absolute Gasteiger partial charge is 0.435 e. The van der Waals surface area contributed by atoms with Crippen molar-refractivity contribution in [3.8, 4) is 0 Å². The average Bonchev–Trinajstić information content (AvgIpc) is 2.86. The van der Waals surface area contributed by atoms with E-state index in [1.54, 1.807) is 0 Å². The molecule has 0 fully saturated rings. The maximum absolute atomic E-state index is 12.5. The van der Waals surface area contributed by atoms with Crippen LogP contribution in [0.5, 0.6) is 0 Å². The van der Waals surface area contributed by atoms with Crippen molar-refractivity contribution in [3.63, 3.8) is 0 Å². The minimum Gasteiger partial charge on any atom is -0.310 e. The molecule has 0 saturated heterocycles. The van der Waals surface area contributed by atoms with E-state index in [2.05, 4.69) is 10.4 Å². The molecule has 0 atom stereocenters. The lowest BCUT2D eigenvalue weighted by atomic mass is 10.1. The number of benzene rings is 1. The van der Waals surface area contributed by atoms with Gasteiger partial charge in [0.1, 0.15) is 0 Å². The Hall–Kier alpha value is -1.82. The van der Waals surface area contributed by atoms with Gasteiger partial charge in [-0.25, -0.2) is 0 Å². The first-order valence-electron chi connectivity index (χ1n) is 6.77. The molecule has 0 unspecified atom stereocenters. The monoisotopic (exact) mass is 297 g/mol. The van der Waals surface area contributed by atoms with Gasteiger partial charge in [-0.1, -0.05) is 38.1 Å². The van der Waals surface area contributed by atoms with Gasteiger partial charge in [-0.15, -0.1) is 0 Å². The standard InChI is InChI=1S/C15H18F3N3/c1-11(2)19-9-12-5-3-4-6-13(12)10-21-8-7-14(20-21)15(16,17)18/h3-8,11,19H,9-10H2,1-2H3. The van der Waals surface area contributed by atoms with Crippen LogP contribution >= 0.6 is 0 Å². The quantitative estimate of drug-likeness (QED) is 0.916. The highest BCUT2D eigenvalue weighted by Crippen LogP contribution is 2.27. The lowest BCUT2D eigenvalue weighted by Crippen LogP contribution is -2.22. The Balaban J connectivity index is 2.14. The van der Waals surface area contributed by atoms with Crippen LogP contribution in [0.1, 0.15) is 30.7 Å². The summed E-state index contributed by atoms with van der Waals surface area (Å²) in [5.41, 5.74) is 1.16. The number of halogens is 3. The molecule has 0 aliphatic carbocycles. The summed E-state index contributed by atoms with van der Waals surface area (Å²) in [6.07, 6.45) is -3.04. The Morgan fingerprint density at radius 1 is 1.14 bits per heavy atom. The van der Waals surface area contributed by atoms with E-state index in [9.17, 15) is 13.2 Å². The Kier molecular flexibility index (Phi) is 4.67. The van der Waals surface area contributed by atoms with Crippen LogP contribution in [-0.4, -0.2) is 15.8 Å².